The highest BCUT2D eigenvalue weighted by Crippen LogP contribution is 2.37. The molecule has 37 heavy (non-hydrogen) atoms. The third-order valence-electron chi connectivity index (χ3n) is 5.20. The van der Waals surface area contributed by atoms with Gasteiger partial charge in [0.2, 0.25) is 0 Å². The molecule has 0 spiro atoms. The van der Waals surface area contributed by atoms with Crippen molar-refractivity contribution in [2.75, 3.05) is 5.32 Å². The van der Waals surface area contributed by atoms with Gasteiger partial charge in [-0.25, -0.2) is 14.3 Å². The second-order valence-electron chi connectivity index (χ2n) is 7.56. The molecule has 4 heterocycles. The van der Waals surface area contributed by atoms with Gasteiger partial charge in [0.25, 0.3) is 5.91 Å². The summed E-state index contributed by atoms with van der Waals surface area (Å²) in [4.78, 5) is 20.6. The van der Waals surface area contributed by atoms with Gasteiger partial charge in [-0.3, -0.25) is 9.78 Å². The molecule has 4 aromatic heterocycles. The Balaban J connectivity index is 1.56. The highest BCUT2D eigenvalue weighted by molar-refractivity contribution is 6.05. The molecule has 9 nitrogen and oxygen atoms in total. The minimum Gasteiger partial charge on any atom is -0.320 e. The Morgan fingerprint density at radius 2 is 1.73 bits per heavy atom. The van der Waals surface area contributed by atoms with Crippen molar-refractivity contribution in [2.24, 2.45) is 0 Å². The average molecular weight is 518 g/mol. The molecule has 0 atom stereocenters. The molecule has 5 aromatic rings. The fourth-order valence-corrected chi connectivity index (χ4v) is 3.68. The summed E-state index contributed by atoms with van der Waals surface area (Å²) in [6, 6.07) is 8.06. The molecule has 0 saturated carbocycles. The first-order chi connectivity index (χ1) is 17.5. The molecule has 15 heteroatoms. The van der Waals surface area contributed by atoms with E-state index in [-0.39, 0.29) is 5.69 Å². The number of carbonyl (C=O) groups excluding carboxylic acids is 1. The quantitative estimate of drug-likeness (QED) is 0.347. The van der Waals surface area contributed by atoms with Crippen molar-refractivity contribution in [1.82, 2.24) is 34.7 Å². The Morgan fingerprint density at radius 1 is 0.919 bits per heavy atom. The standard InChI is InChI=1S/C22H12F6N8O/c23-21(24,25)15-9-12(10-30-19(15)35-8-7-31-34-35)33-20(37)14-11-32-36(18(14)22(26,27)28)17-5-1-4-16-13(17)3-2-6-29-16/h1-11H,(H,33,37). The first-order valence-electron chi connectivity index (χ1n) is 10.3. The van der Waals surface area contributed by atoms with Crippen molar-refractivity contribution in [3.63, 3.8) is 0 Å². The van der Waals surface area contributed by atoms with Crippen LogP contribution in [0.25, 0.3) is 22.4 Å². The van der Waals surface area contributed by atoms with Gasteiger partial charge in [-0.2, -0.15) is 31.4 Å². The number of hydrogen-bond donors (Lipinski definition) is 1. The van der Waals surface area contributed by atoms with E-state index in [1.807, 2.05) is 5.32 Å². The molecule has 1 aromatic carbocycles. The number of aromatic nitrogens is 7. The smallest absolute Gasteiger partial charge is 0.320 e. The fourth-order valence-electron chi connectivity index (χ4n) is 3.68. The summed E-state index contributed by atoms with van der Waals surface area (Å²) in [6.07, 6.45) is -4.68. The van der Waals surface area contributed by atoms with E-state index in [4.69, 9.17) is 0 Å². The summed E-state index contributed by atoms with van der Waals surface area (Å²) in [5.74, 6) is -1.96. The van der Waals surface area contributed by atoms with Crippen LogP contribution < -0.4 is 5.32 Å². The number of amides is 1. The summed E-state index contributed by atoms with van der Waals surface area (Å²) in [5.41, 5.74) is -3.68. The number of benzene rings is 1. The topological polar surface area (TPSA) is 103 Å². The number of alkyl halides is 6. The molecule has 0 bridgehead atoms. The largest absolute Gasteiger partial charge is 0.434 e. The van der Waals surface area contributed by atoms with Gasteiger partial charge in [-0.1, -0.05) is 11.3 Å². The summed E-state index contributed by atoms with van der Waals surface area (Å²) < 4.78 is 84.6. The maximum Gasteiger partial charge on any atom is 0.434 e. The highest BCUT2D eigenvalue weighted by atomic mass is 19.4. The van der Waals surface area contributed by atoms with Crippen LogP contribution in [0.5, 0.6) is 0 Å². The first-order valence-corrected chi connectivity index (χ1v) is 10.3. The SMILES string of the molecule is O=C(Nc1cnc(-n2ccnn2)c(C(F)(F)F)c1)c1cnn(-c2cccc3ncccc23)c1C(F)(F)F. The number of hydrogen-bond acceptors (Lipinski definition) is 6. The minimum atomic E-state index is -5.04. The van der Waals surface area contributed by atoms with E-state index in [1.165, 1.54) is 24.4 Å². The number of carbonyl (C=O) groups is 1. The molecule has 0 radical (unpaired) electrons. The van der Waals surface area contributed by atoms with Gasteiger partial charge in [0.05, 0.1) is 47.2 Å². The molecule has 188 valence electrons. The summed E-state index contributed by atoms with van der Waals surface area (Å²) in [7, 11) is 0. The molecule has 0 aliphatic rings. The first kappa shape index (κ1) is 23.9. The van der Waals surface area contributed by atoms with Crippen LogP contribution in [0.3, 0.4) is 0 Å². The van der Waals surface area contributed by atoms with Crippen LogP contribution in [0.4, 0.5) is 32.0 Å². The van der Waals surface area contributed by atoms with Gasteiger partial charge < -0.3 is 5.32 Å². The lowest BCUT2D eigenvalue weighted by Crippen LogP contribution is -2.21. The van der Waals surface area contributed by atoms with Gasteiger partial charge in [0.1, 0.15) is 5.56 Å². The Bertz CT molecular complexity index is 1600. The van der Waals surface area contributed by atoms with E-state index < -0.39 is 46.6 Å². The Labute approximate surface area is 202 Å². The number of anilines is 1. The molecule has 1 N–H and O–H groups in total. The van der Waals surface area contributed by atoms with E-state index in [0.29, 0.717) is 27.8 Å². The van der Waals surface area contributed by atoms with E-state index in [0.717, 1.165) is 23.3 Å². The number of nitrogens with zero attached hydrogens (tertiary/aromatic N) is 7. The van der Waals surface area contributed by atoms with Crippen LogP contribution in [0.15, 0.2) is 67.4 Å². The highest BCUT2D eigenvalue weighted by Gasteiger charge is 2.41. The van der Waals surface area contributed by atoms with E-state index in [9.17, 15) is 31.1 Å². The predicted molar refractivity (Wildman–Crippen MR) is 116 cm³/mol. The molecule has 1 amide bonds. The number of nitrogens with one attached hydrogen (secondary N) is 1. The maximum absolute atomic E-state index is 14.1. The number of rotatable bonds is 4. The van der Waals surface area contributed by atoms with Crippen LogP contribution in [0.2, 0.25) is 0 Å². The lowest BCUT2D eigenvalue weighted by molar-refractivity contribution is -0.143. The minimum absolute atomic E-state index is 0.00943. The zero-order valence-electron chi connectivity index (χ0n) is 18.2. The van der Waals surface area contributed by atoms with Crippen molar-refractivity contribution < 1.29 is 31.1 Å². The second-order valence-corrected chi connectivity index (χ2v) is 7.56. The predicted octanol–water partition coefficient (Wildman–Crippen LogP) is 4.69. The van der Waals surface area contributed by atoms with Crippen molar-refractivity contribution in [2.45, 2.75) is 12.4 Å². The Hall–Kier alpha value is -4.82. The number of halogens is 6. The van der Waals surface area contributed by atoms with Crippen molar-refractivity contribution in [3.05, 3.63) is 84.2 Å². The number of pyridine rings is 2. The average Bonchev–Trinajstić information content (AvgIpc) is 3.53. The maximum atomic E-state index is 14.1. The van der Waals surface area contributed by atoms with Crippen molar-refractivity contribution >= 4 is 22.5 Å². The Kier molecular flexibility index (Phi) is 5.61. The molecule has 0 aliphatic heterocycles. The third-order valence-corrected chi connectivity index (χ3v) is 5.20. The van der Waals surface area contributed by atoms with Crippen LogP contribution in [-0.4, -0.2) is 40.6 Å². The van der Waals surface area contributed by atoms with Gasteiger partial charge in [-0.15, -0.1) is 5.10 Å². The van der Waals surface area contributed by atoms with Crippen LogP contribution in [0.1, 0.15) is 21.6 Å². The molecule has 0 unspecified atom stereocenters. The lowest BCUT2D eigenvalue weighted by Gasteiger charge is -2.15. The summed E-state index contributed by atoms with van der Waals surface area (Å²) in [5, 5.41) is 13.0. The van der Waals surface area contributed by atoms with E-state index in [2.05, 4.69) is 25.4 Å². The summed E-state index contributed by atoms with van der Waals surface area (Å²) >= 11 is 0. The van der Waals surface area contributed by atoms with Crippen molar-refractivity contribution in [3.8, 4) is 11.5 Å². The van der Waals surface area contributed by atoms with Gasteiger partial charge >= 0.3 is 12.4 Å². The zero-order valence-corrected chi connectivity index (χ0v) is 18.2. The van der Waals surface area contributed by atoms with Gasteiger partial charge in [-0.05, 0) is 30.3 Å². The van der Waals surface area contributed by atoms with Crippen LogP contribution in [-0.2, 0) is 12.4 Å². The normalized spacial score (nSPS) is 12.2. The van der Waals surface area contributed by atoms with Gasteiger partial charge in [0, 0.05) is 11.6 Å². The molecular formula is C22H12F6N8O. The second kappa shape index (κ2) is 8.69. The lowest BCUT2D eigenvalue weighted by atomic mass is 10.1. The van der Waals surface area contributed by atoms with Crippen molar-refractivity contribution in [1.29, 1.82) is 0 Å². The molecule has 5 rings (SSSR count). The summed E-state index contributed by atoms with van der Waals surface area (Å²) in [6.45, 7) is 0. The molecule has 0 fully saturated rings. The number of fused-ring (bicyclic) bond motifs is 1. The van der Waals surface area contributed by atoms with Crippen LogP contribution in [0, 0.1) is 0 Å². The van der Waals surface area contributed by atoms with Crippen LogP contribution >= 0.6 is 0 Å². The zero-order chi connectivity index (χ0) is 26.4. The van der Waals surface area contributed by atoms with E-state index in [1.54, 1.807) is 12.1 Å². The fraction of sp³-hybridized carbons (Fsp3) is 0.0909. The monoisotopic (exact) mass is 518 g/mol. The van der Waals surface area contributed by atoms with E-state index >= 15 is 0 Å². The third kappa shape index (κ3) is 4.46. The van der Waals surface area contributed by atoms with Gasteiger partial charge in [0.15, 0.2) is 11.5 Å². The molecule has 0 saturated heterocycles. The molecular weight excluding hydrogens is 506 g/mol. The Morgan fingerprint density at radius 3 is 2.43 bits per heavy atom. The molecule has 0 aliphatic carbocycles.